The number of aryl methyl sites for hydroxylation is 1. The Labute approximate surface area is 93.8 Å². The molecule has 2 atom stereocenters. The molecule has 0 radical (unpaired) electrons. The molecule has 0 saturated carbocycles. The van der Waals surface area contributed by atoms with Crippen LogP contribution in [-0.2, 0) is 4.74 Å². The Morgan fingerprint density at radius 2 is 2.50 bits per heavy atom. The zero-order valence-electron chi connectivity index (χ0n) is 9.49. The third-order valence-electron chi connectivity index (χ3n) is 2.86. The molecule has 0 spiro atoms. The fraction of sp³-hybridized carbons (Fsp3) is 0.700. The lowest BCUT2D eigenvalue weighted by Crippen LogP contribution is -2.32. The molecule has 2 rings (SSSR count). The van der Waals surface area contributed by atoms with E-state index in [-0.39, 0.29) is 17.8 Å². The number of aromatic nitrogens is 3. The molecule has 1 aliphatic rings. The van der Waals surface area contributed by atoms with Crippen molar-refractivity contribution in [2.24, 2.45) is 5.92 Å². The van der Waals surface area contributed by atoms with Crippen molar-refractivity contribution in [1.29, 1.82) is 0 Å². The summed E-state index contributed by atoms with van der Waals surface area (Å²) in [5.41, 5.74) is 0. The van der Waals surface area contributed by atoms with Gasteiger partial charge in [-0.2, -0.15) is 0 Å². The van der Waals surface area contributed by atoms with Gasteiger partial charge < -0.3 is 10.1 Å². The van der Waals surface area contributed by atoms with Crippen LogP contribution in [-0.4, -0.2) is 40.3 Å². The van der Waals surface area contributed by atoms with Gasteiger partial charge in [0.15, 0.2) is 0 Å². The summed E-state index contributed by atoms with van der Waals surface area (Å²) in [7, 11) is 0. The summed E-state index contributed by atoms with van der Waals surface area (Å²) in [4.78, 5) is 15.6. The first-order valence-electron chi connectivity index (χ1n) is 5.45. The van der Waals surface area contributed by atoms with E-state index in [2.05, 4.69) is 20.5 Å². The fourth-order valence-corrected chi connectivity index (χ4v) is 1.79. The number of carbonyl (C=O) groups is 1. The number of amides is 1. The molecule has 1 saturated heterocycles. The fourth-order valence-electron chi connectivity index (χ4n) is 1.79. The lowest BCUT2D eigenvalue weighted by molar-refractivity contribution is 0.0899. The standard InChI is InChI=1S/C10H16N4O2/c1-6-8(3-4-16-6)5-11-10(15)9-12-7(2)13-14-9/h6,8H,3-5H2,1-2H3,(H,11,15)(H,12,13,14). The van der Waals surface area contributed by atoms with E-state index in [0.717, 1.165) is 13.0 Å². The highest BCUT2D eigenvalue weighted by molar-refractivity contribution is 5.90. The molecular formula is C10H16N4O2. The van der Waals surface area contributed by atoms with Crippen LogP contribution in [0.2, 0.25) is 0 Å². The smallest absolute Gasteiger partial charge is 0.290 e. The van der Waals surface area contributed by atoms with Gasteiger partial charge in [0, 0.05) is 19.1 Å². The Hall–Kier alpha value is -1.43. The monoisotopic (exact) mass is 224 g/mol. The zero-order valence-corrected chi connectivity index (χ0v) is 9.49. The van der Waals surface area contributed by atoms with Crippen LogP contribution in [0.25, 0.3) is 0 Å². The van der Waals surface area contributed by atoms with E-state index in [9.17, 15) is 4.79 Å². The van der Waals surface area contributed by atoms with Crippen molar-refractivity contribution in [3.63, 3.8) is 0 Å². The van der Waals surface area contributed by atoms with Gasteiger partial charge in [0.1, 0.15) is 5.82 Å². The predicted molar refractivity (Wildman–Crippen MR) is 57.0 cm³/mol. The number of nitrogens with one attached hydrogen (secondary N) is 2. The van der Waals surface area contributed by atoms with Crippen molar-refractivity contribution in [2.45, 2.75) is 26.4 Å². The quantitative estimate of drug-likeness (QED) is 0.772. The summed E-state index contributed by atoms with van der Waals surface area (Å²) in [5.74, 6) is 0.999. The summed E-state index contributed by atoms with van der Waals surface area (Å²) < 4.78 is 5.42. The summed E-state index contributed by atoms with van der Waals surface area (Å²) in [6, 6.07) is 0. The maximum Gasteiger partial charge on any atom is 0.290 e. The molecule has 1 aromatic heterocycles. The first-order valence-corrected chi connectivity index (χ1v) is 5.45. The van der Waals surface area contributed by atoms with Crippen LogP contribution in [0.3, 0.4) is 0 Å². The number of hydrogen-bond donors (Lipinski definition) is 2. The Kier molecular flexibility index (Phi) is 3.19. The number of aromatic amines is 1. The summed E-state index contributed by atoms with van der Waals surface area (Å²) in [6.45, 7) is 5.19. The summed E-state index contributed by atoms with van der Waals surface area (Å²) in [6.07, 6.45) is 1.21. The highest BCUT2D eigenvalue weighted by atomic mass is 16.5. The predicted octanol–water partition coefficient (Wildman–Crippen LogP) is 0.268. The maximum atomic E-state index is 11.6. The second kappa shape index (κ2) is 4.61. The van der Waals surface area contributed by atoms with E-state index in [0.29, 0.717) is 18.3 Å². The summed E-state index contributed by atoms with van der Waals surface area (Å²) in [5, 5.41) is 9.26. The van der Waals surface area contributed by atoms with E-state index in [4.69, 9.17) is 4.74 Å². The van der Waals surface area contributed by atoms with Gasteiger partial charge in [-0.3, -0.25) is 9.89 Å². The minimum absolute atomic E-state index is 0.198. The lowest BCUT2D eigenvalue weighted by atomic mass is 10.0. The van der Waals surface area contributed by atoms with Crippen LogP contribution >= 0.6 is 0 Å². The largest absolute Gasteiger partial charge is 0.378 e. The van der Waals surface area contributed by atoms with Crippen molar-refractivity contribution in [3.8, 4) is 0 Å². The molecule has 88 valence electrons. The number of ether oxygens (including phenoxy) is 1. The molecule has 2 unspecified atom stereocenters. The van der Waals surface area contributed by atoms with Crippen LogP contribution in [0.5, 0.6) is 0 Å². The minimum atomic E-state index is -0.233. The van der Waals surface area contributed by atoms with Crippen LogP contribution in [0.1, 0.15) is 29.8 Å². The molecule has 0 aliphatic carbocycles. The van der Waals surface area contributed by atoms with Crippen molar-refractivity contribution in [2.75, 3.05) is 13.2 Å². The lowest BCUT2D eigenvalue weighted by Gasteiger charge is -2.13. The highest BCUT2D eigenvalue weighted by Gasteiger charge is 2.25. The van der Waals surface area contributed by atoms with Gasteiger partial charge in [0.25, 0.3) is 5.91 Å². The molecule has 1 amide bonds. The van der Waals surface area contributed by atoms with E-state index in [1.165, 1.54) is 0 Å². The first-order chi connectivity index (χ1) is 7.66. The SMILES string of the molecule is Cc1nc(C(=O)NCC2CCOC2C)n[nH]1. The first kappa shape index (κ1) is 11.1. The van der Waals surface area contributed by atoms with Crippen LogP contribution < -0.4 is 5.32 Å². The average molecular weight is 224 g/mol. The normalized spacial score (nSPS) is 24.6. The molecule has 1 aliphatic heterocycles. The maximum absolute atomic E-state index is 11.6. The van der Waals surface area contributed by atoms with Crippen LogP contribution in [0, 0.1) is 12.8 Å². The third kappa shape index (κ3) is 2.38. The molecule has 2 heterocycles. The van der Waals surface area contributed by atoms with Crippen LogP contribution in [0.15, 0.2) is 0 Å². The molecular weight excluding hydrogens is 208 g/mol. The van der Waals surface area contributed by atoms with E-state index in [1.54, 1.807) is 6.92 Å². The molecule has 1 aromatic rings. The van der Waals surface area contributed by atoms with Crippen molar-refractivity contribution in [1.82, 2.24) is 20.5 Å². The molecule has 6 nitrogen and oxygen atoms in total. The summed E-state index contributed by atoms with van der Waals surface area (Å²) >= 11 is 0. The van der Waals surface area contributed by atoms with Crippen molar-refractivity contribution < 1.29 is 9.53 Å². The van der Waals surface area contributed by atoms with Crippen LogP contribution in [0.4, 0.5) is 0 Å². The Morgan fingerprint density at radius 3 is 3.06 bits per heavy atom. The Morgan fingerprint density at radius 1 is 1.69 bits per heavy atom. The number of H-pyrrole nitrogens is 1. The average Bonchev–Trinajstić information content (AvgIpc) is 2.84. The number of hydrogen-bond acceptors (Lipinski definition) is 4. The topological polar surface area (TPSA) is 79.9 Å². The van der Waals surface area contributed by atoms with Gasteiger partial charge in [-0.05, 0) is 20.3 Å². The highest BCUT2D eigenvalue weighted by Crippen LogP contribution is 2.19. The van der Waals surface area contributed by atoms with Gasteiger partial charge in [-0.1, -0.05) is 0 Å². The molecule has 0 bridgehead atoms. The number of nitrogens with zero attached hydrogens (tertiary/aromatic N) is 2. The molecule has 0 aromatic carbocycles. The molecule has 2 N–H and O–H groups in total. The second-order valence-electron chi connectivity index (χ2n) is 4.08. The van der Waals surface area contributed by atoms with Crippen molar-refractivity contribution >= 4 is 5.91 Å². The van der Waals surface area contributed by atoms with Gasteiger partial charge in [0.05, 0.1) is 6.10 Å². The zero-order chi connectivity index (χ0) is 11.5. The molecule has 16 heavy (non-hydrogen) atoms. The van der Waals surface area contributed by atoms with Crippen molar-refractivity contribution in [3.05, 3.63) is 11.6 Å². The second-order valence-corrected chi connectivity index (χ2v) is 4.08. The van der Waals surface area contributed by atoms with E-state index in [1.807, 2.05) is 6.92 Å². The number of rotatable bonds is 3. The minimum Gasteiger partial charge on any atom is -0.378 e. The van der Waals surface area contributed by atoms with Gasteiger partial charge in [-0.15, -0.1) is 5.10 Å². The Bertz CT molecular complexity index is 377. The van der Waals surface area contributed by atoms with Gasteiger partial charge in [0.2, 0.25) is 5.82 Å². The molecule has 1 fully saturated rings. The van der Waals surface area contributed by atoms with Gasteiger partial charge in [-0.25, -0.2) is 4.98 Å². The van der Waals surface area contributed by atoms with Gasteiger partial charge >= 0.3 is 0 Å². The Balaban J connectivity index is 1.84. The van der Waals surface area contributed by atoms with E-state index >= 15 is 0 Å². The third-order valence-corrected chi connectivity index (χ3v) is 2.86. The molecule has 6 heteroatoms. The van der Waals surface area contributed by atoms with E-state index < -0.39 is 0 Å². The number of carbonyl (C=O) groups excluding carboxylic acids is 1.